The standard InChI is InChI=1S/C22H37N7O5S/c1-35-10-7-17(21(32)29-9-4-6-18(29)22(33)34)28-20(31)16(5-2-3-8-23)27-19(30)15(24)11-14-12-25-13-26-14/h12-13,15-18H,2-11,23-24H2,1H3,(H,25,26)(H,27,30)(H,28,31)(H,33,34). The zero-order chi connectivity index (χ0) is 25.8. The SMILES string of the molecule is CSCCC(NC(=O)C(CCCCN)NC(=O)C(N)Cc1cnc[nH]1)C(=O)N1CCCC1C(=O)O. The number of hydrogen-bond donors (Lipinski definition) is 6. The number of hydrogen-bond acceptors (Lipinski definition) is 8. The van der Waals surface area contributed by atoms with Crippen LogP contribution in [0.5, 0.6) is 0 Å². The molecular formula is C22H37N7O5S. The van der Waals surface area contributed by atoms with E-state index in [2.05, 4.69) is 20.6 Å². The number of carboxylic acids is 1. The molecule has 0 spiro atoms. The van der Waals surface area contributed by atoms with Gasteiger partial charge in [0.2, 0.25) is 17.7 Å². The van der Waals surface area contributed by atoms with Gasteiger partial charge in [0.1, 0.15) is 18.1 Å². The number of likely N-dealkylation sites (tertiary alicyclic amines) is 1. The van der Waals surface area contributed by atoms with Crippen molar-refractivity contribution in [2.24, 2.45) is 11.5 Å². The molecule has 1 aromatic rings. The largest absolute Gasteiger partial charge is 0.480 e. The van der Waals surface area contributed by atoms with Gasteiger partial charge in [0, 0.05) is 24.9 Å². The third-order valence-corrected chi connectivity index (χ3v) is 6.60. The van der Waals surface area contributed by atoms with Crippen molar-refractivity contribution in [3.63, 3.8) is 0 Å². The zero-order valence-electron chi connectivity index (χ0n) is 20.1. The lowest BCUT2D eigenvalue weighted by atomic mass is 10.1. The molecule has 12 nitrogen and oxygen atoms in total. The lowest BCUT2D eigenvalue weighted by Crippen LogP contribution is -2.57. The van der Waals surface area contributed by atoms with E-state index in [1.807, 2.05) is 6.26 Å². The number of aliphatic carboxylic acids is 1. The van der Waals surface area contributed by atoms with E-state index in [0.717, 1.165) is 0 Å². The molecule has 4 unspecified atom stereocenters. The molecular weight excluding hydrogens is 474 g/mol. The van der Waals surface area contributed by atoms with Crippen LogP contribution in [0.15, 0.2) is 12.5 Å². The summed E-state index contributed by atoms with van der Waals surface area (Å²) in [5.74, 6) is -1.87. The van der Waals surface area contributed by atoms with Crippen LogP contribution in [0.1, 0.15) is 44.2 Å². The van der Waals surface area contributed by atoms with Crippen molar-refractivity contribution in [2.75, 3.05) is 25.1 Å². The van der Waals surface area contributed by atoms with Crippen LogP contribution in [0.4, 0.5) is 0 Å². The van der Waals surface area contributed by atoms with Crippen LogP contribution in [0, 0.1) is 0 Å². The number of thioether (sulfide) groups is 1. The normalized spacial score (nSPS) is 18.0. The second-order valence-electron chi connectivity index (χ2n) is 8.60. The van der Waals surface area contributed by atoms with E-state index in [9.17, 15) is 24.3 Å². The number of nitrogens with zero attached hydrogens (tertiary/aromatic N) is 2. The maximum atomic E-state index is 13.2. The number of rotatable bonds is 15. The molecule has 1 aromatic heterocycles. The minimum Gasteiger partial charge on any atom is -0.480 e. The number of imidazole rings is 1. The molecule has 1 fully saturated rings. The Morgan fingerprint density at radius 2 is 1.97 bits per heavy atom. The minimum atomic E-state index is -1.05. The molecule has 3 amide bonds. The predicted molar refractivity (Wildman–Crippen MR) is 132 cm³/mol. The molecule has 0 aromatic carbocycles. The van der Waals surface area contributed by atoms with E-state index in [1.165, 1.54) is 23.0 Å². The molecule has 0 bridgehead atoms. The summed E-state index contributed by atoms with van der Waals surface area (Å²) < 4.78 is 0. The van der Waals surface area contributed by atoms with Gasteiger partial charge in [-0.05, 0) is 57.1 Å². The second-order valence-corrected chi connectivity index (χ2v) is 9.59. The minimum absolute atomic E-state index is 0.226. The fourth-order valence-corrected chi connectivity index (χ4v) is 4.49. The summed E-state index contributed by atoms with van der Waals surface area (Å²) in [5.41, 5.74) is 12.3. The molecule has 196 valence electrons. The van der Waals surface area contributed by atoms with Gasteiger partial charge in [-0.3, -0.25) is 14.4 Å². The Kier molecular flexibility index (Phi) is 12.0. The van der Waals surface area contributed by atoms with Gasteiger partial charge in [-0.1, -0.05) is 0 Å². The maximum Gasteiger partial charge on any atom is 0.326 e. The number of H-pyrrole nitrogens is 1. The summed E-state index contributed by atoms with van der Waals surface area (Å²) in [6.45, 7) is 0.780. The zero-order valence-corrected chi connectivity index (χ0v) is 20.9. The van der Waals surface area contributed by atoms with Gasteiger partial charge in [-0.25, -0.2) is 9.78 Å². The Labute approximate surface area is 209 Å². The molecule has 35 heavy (non-hydrogen) atoms. The summed E-state index contributed by atoms with van der Waals surface area (Å²) in [6.07, 6.45) is 8.10. The third kappa shape index (κ3) is 8.82. The molecule has 0 aliphatic carbocycles. The van der Waals surface area contributed by atoms with E-state index >= 15 is 0 Å². The first-order chi connectivity index (χ1) is 16.8. The highest BCUT2D eigenvalue weighted by atomic mass is 32.2. The summed E-state index contributed by atoms with van der Waals surface area (Å²) in [5, 5.41) is 14.9. The predicted octanol–water partition coefficient (Wildman–Crippen LogP) is -0.793. The van der Waals surface area contributed by atoms with Gasteiger partial charge in [0.15, 0.2) is 0 Å². The molecule has 1 saturated heterocycles. The Balaban J connectivity index is 2.10. The van der Waals surface area contributed by atoms with Crippen LogP contribution in [0.3, 0.4) is 0 Å². The molecule has 4 atom stereocenters. The first-order valence-corrected chi connectivity index (χ1v) is 13.2. The third-order valence-electron chi connectivity index (χ3n) is 5.96. The average Bonchev–Trinajstić information content (AvgIpc) is 3.52. The van der Waals surface area contributed by atoms with E-state index in [-0.39, 0.29) is 6.42 Å². The van der Waals surface area contributed by atoms with E-state index in [4.69, 9.17) is 11.5 Å². The Bertz CT molecular complexity index is 838. The topological polar surface area (TPSA) is 197 Å². The molecule has 13 heteroatoms. The lowest BCUT2D eigenvalue weighted by molar-refractivity contribution is -0.149. The number of nitrogens with two attached hydrogens (primary N) is 2. The maximum absolute atomic E-state index is 13.2. The first kappa shape index (κ1) is 28.6. The van der Waals surface area contributed by atoms with Crippen molar-refractivity contribution in [1.29, 1.82) is 0 Å². The molecule has 1 aliphatic rings. The molecule has 2 heterocycles. The quantitative estimate of drug-likeness (QED) is 0.163. The van der Waals surface area contributed by atoms with Gasteiger partial charge < -0.3 is 37.1 Å². The molecule has 1 aliphatic heterocycles. The fraction of sp³-hybridized carbons (Fsp3) is 0.682. The van der Waals surface area contributed by atoms with Crippen molar-refractivity contribution in [1.82, 2.24) is 25.5 Å². The van der Waals surface area contributed by atoms with Crippen molar-refractivity contribution < 1.29 is 24.3 Å². The smallest absolute Gasteiger partial charge is 0.326 e. The average molecular weight is 512 g/mol. The highest BCUT2D eigenvalue weighted by Crippen LogP contribution is 2.20. The molecule has 8 N–H and O–H groups in total. The van der Waals surface area contributed by atoms with Crippen molar-refractivity contribution in [3.05, 3.63) is 18.2 Å². The van der Waals surface area contributed by atoms with E-state index in [0.29, 0.717) is 63.1 Å². The summed E-state index contributed by atoms with van der Waals surface area (Å²) in [7, 11) is 0. The molecule has 2 rings (SSSR count). The van der Waals surface area contributed by atoms with Gasteiger partial charge in [0.05, 0.1) is 12.4 Å². The van der Waals surface area contributed by atoms with Crippen LogP contribution < -0.4 is 22.1 Å². The molecule has 0 saturated carbocycles. The number of nitrogens with one attached hydrogen (secondary N) is 3. The van der Waals surface area contributed by atoms with E-state index < -0.39 is 47.9 Å². The van der Waals surface area contributed by atoms with Gasteiger partial charge in [0.25, 0.3) is 0 Å². The van der Waals surface area contributed by atoms with Gasteiger partial charge in [-0.2, -0.15) is 11.8 Å². The number of carbonyl (C=O) groups is 4. The van der Waals surface area contributed by atoms with Crippen molar-refractivity contribution in [2.45, 2.75) is 69.1 Å². The van der Waals surface area contributed by atoms with Crippen molar-refractivity contribution >= 4 is 35.5 Å². The number of unbranched alkanes of at least 4 members (excludes halogenated alkanes) is 1. The molecule has 0 radical (unpaired) electrons. The number of carboxylic acid groups (broad SMARTS) is 1. The number of amides is 3. The van der Waals surface area contributed by atoms with Crippen LogP contribution in [0.25, 0.3) is 0 Å². The number of carbonyl (C=O) groups excluding carboxylic acids is 3. The highest BCUT2D eigenvalue weighted by Gasteiger charge is 2.38. The monoisotopic (exact) mass is 511 g/mol. The van der Waals surface area contributed by atoms with Crippen LogP contribution >= 0.6 is 11.8 Å². The van der Waals surface area contributed by atoms with Crippen LogP contribution in [0.2, 0.25) is 0 Å². The Morgan fingerprint density at radius 1 is 1.23 bits per heavy atom. The summed E-state index contributed by atoms with van der Waals surface area (Å²) in [4.78, 5) is 58.8. The van der Waals surface area contributed by atoms with Gasteiger partial charge in [-0.15, -0.1) is 0 Å². The lowest BCUT2D eigenvalue weighted by Gasteiger charge is -2.29. The number of aromatic nitrogens is 2. The Morgan fingerprint density at radius 3 is 2.60 bits per heavy atom. The highest BCUT2D eigenvalue weighted by molar-refractivity contribution is 7.98. The summed E-state index contributed by atoms with van der Waals surface area (Å²) in [6, 6.07) is -3.57. The Hall–Kier alpha value is -2.64. The first-order valence-electron chi connectivity index (χ1n) is 11.8. The van der Waals surface area contributed by atoms with Crippen molar-refractivity contribution in [3.8, 4) is 0 Å². The van der Waals surface area contributed by atoms with E-state index in [1.54, 1.807) is 6.20 Å². The van der Waals surface area contributed by atoms with Crippen LogP contribution in [-0.2, 0) is 25.6 Å². The second kappa shape index (κ2) is 14.7. The fourth-order valence-electron chi connectivity index (χ4n) is 4.02. The van der Waals surface area contributed by atoms with Gasteiger partial charge >= 0.3 is 5.97 Å². The summed E-state index contributed by atoms with van der Waals surface area (Å²) >= 11 is 1.52. The number of aromatic amines is 1. The van der Waals surface area contributed by atoms with Crippen LogP contribution in [-0.4, -0.2) is 92.9 Å².